The topological polar surface area (TPSA) is 60.5 Å². The number of carbonyl (C=O) groups is 1. The van der Waals surface area contributed by atoms with Crippen LogP contribution in [-0.2, 0) is 6.54 Å². The molecular formula is C24H20N2O3S. The fourth-order valence-electron chi connectivity index (χ4n) is 2.94. The number of carbonyl (C=O) groups excluding carboxylic acids is 1. The summed E-state index contributed by atoms with van der Waals surface area (Å²) in [6.07, 6.45) is 1.70. The van der Waals surface area contributed by atoms with Gasteiger partial charge in [-0.1, -0.05) is 47.7 Å². The van der Waals surface area contributed by atoms with Crippen molar-refractivity contribution in [1.29, 1.82) is 0 Å². The third kappa shape index (κ3) is 4.85. The molecule has 0 unspecified atom stereocenters. The normalized spacial score (nSPS) is 10.4. The summed E-state index contributed by atoms with van der Waals surface area (Å²) in [5.41, 5.74) is 3.68. The number of nitrogens with one attached hydrogen (secondary N) is 1. The van der Waals surface area contributed by atoms with Crippen LogP contribution in [0.1, 0.15) is 15.9 Å². The molecular weight excluding hydrogens is 396 g/mol. The number of aromatic nitrogens is 1. The average Bonchev–Trinajstić information content (AvgIpc) is 3.31. The highest BCUT2D eigenvalue weighted by Gasteiger charge is 2.07. The Morgan fingerprint density at radius 3 is 2.47 bits per heavy atom. The number of rotatable bonds is 7. The molecule has 6 heteroatoms. The molecule has 5 nitrogen and oxygen atoms in total. The van der Waals surface area contributed by atoms with Gasteiger partial charge in [0.05, 0.1) is 7.11 Å². The van der Waals surface area contributed by atoms with Gasteiger partial charge in [-0.2, -0.15) is 0 Å². The molecule has 0 aliphatic rings. The number of amides is 1. The highest BCUT2D eigenvalue weighted by atomic mass is 32.1. The van der Waals surface area contributed by atoms with Gasteiger partial charge in [-0.05, 0) is 53.1 Å². The smallest absolute Gasteiger partial charge is 0.278 e. The number of methoxy groups -OCH3 is 1. The first kappa shape index (κ1) is 19.7. The Morgan fingerprint density at radius 1 is 0.967 bits per heavy atom. The number of hydrogen-bond acceptors (Lipinski definition) is 5. The van der Waals surface area contributed by atoms with Gasteiger partial charge in [-0.3, -0.25) is 4.79 Å². The van der Waals surface area contributed by atoms with Gasteiger partial charge in [0.1, 0.15) is 11.5 Å². The van der Waals surface area contributed by atoms with Gasteiger partial charge >= 0.3 is 0 Å². The summed E-state index contributed by atoms with van der Waals surface area (Å²) in [6, 6.07) is 23.0. The first-order chi connectivity index (χ1) is 14.7. The van der Waals surface area contributed by atoms with E-state index in [9.17, 15) is 4.79 Å². The maximum Gasteiger partial charge on any atom is 0.278 e. The predicted molar refractivity (Wildman–Crippen MR) is 118 cm³/mol. The Morgan fingerprint density at radius 2 is 1.77 bits per heavy atom. The van der Waals surface area contributed by atoms with Crippen LogP contribution in [0, 0.1) is 0 Å². The van der Waals surface area contributed by atoms with Crippen LogP contribution < -0.4 is 14.8 Å². The molecule has 0 fully saturated rings. The molecule has 1 heterocycles. The summed E-state index contributed by atoms with van der Waals surface area (Å²) in [5, 5.41) is 5.42. The van der Waals surface area contributed by atoms with Gasteiger partial charge in [0.25, 0.3) is 11.1 Å². The molecule has 3 aromatic carbocycles. The molecule has 0 aliphatic carbocycles. The number of thiazole rings is 1. The summed E-state index contributed by atoms with van der Waals surface area (Å²) < 4.78 is 10.9. The van der Waals surface area contributed by atoms with E-state index in [2.05, 4.69) is 10.3 Å². The molecule has 0 saturated heterocycles. The Balaban J connectivity index is 1.34. The maximum absolute atomic E-state index is 12.5. The molecule has 150 valence electrons. The van der Waals surface area contributed by atoms with Crippen LogP contribution in [0.3, 0.4) is 0 Å². The second-order valence-electron chi connectivity index (χ2n) is 6.54. The molecule has 0 aliphatic heterocycles. The number of nitrogens with zero attached hydrogens (tertiary/aromatic N) is 1. The second kappa shape index (κ2) is 9.24. The molecule has 4 rings (SSSR count). The Kier molecular flexibility index (Phi) is 6.06. The van der Waals surface area contributed by atoms with Crippen LogP contribution in [-0.4, -0.2) is 18.0 Å². The van der Waals surface area contributed by atoms with E-state index in [4.69, 9.17) is 9.47 Å². The van der Waals surface area contributed by atoms with Crippen molar-refractivity contribution in [3.8, 4) is 27.8 Å². The Bertz CT molecular complexity index is 1110. The zero-order valence-corrected chi connectivity index (χ0v) is 17.2. The number of ether oxygens (including phenoxy) is 2. The standard InChI is InChI=1S/C24H20N2O3S/c1-28-22-4-2-3-20(15-22)18-7-9-19(10-8-18)23(27)26-16-17-5-11-21(12-6-17)29-24-25-13-14-30-24/h2-15H,16H2,1H3,(H,26,27). The third-order valence-electron chi connectivity index (χ3n) is 4.54. The van der Waals surface area contributed by atoms with Crippen molar-refractivity contribution in [1.82, 2.24) is 10.3 Å². The molecule has 1 aromatic heterocycles. The molecule has 0 radical (unpaired) electrons. The molecule has 30 heavy (non-hydrogen) atoms. The van der Waals surface area contributed by atoms with Gasteiger partial charge in [0.15, 0.2) is 0 Å². The van der Waals surface area contributed by atoms with E-state index in [-0.39, 0.29) is 5.91 Å². The average molecular weight is 417 g/mol. The maximum atomic E-state index is 12.5. The van der Waals surface area contributed by atoms with E-state index in [1.165, 1.54) is 11.3 Å². The minimum absolute atomic E-state index is 0.115. The van der Waals surface area contributed by atoms with Crippen LogP contribution in [0.25, 0.3) is 11.1 Å². The van der Waals surface area contributed by atoms with Gasteiger partial charge in [0.2, 0.25) is 0 Å². The summed E-state index contributed by atoms with van der Waals surface area (Å²) in [5.74, 6) is 1.40. The molecule has 1 N–H and O–H groups in total. The van der Waals surface area contributed by atoms with Crippen LogP contribution >= 0.6 is 11.3 Å². The van der Waals surface area contributed by atoms with Crippen molar-refractivity contribution in [2.24, 2.45) is 0 Å². The van der Waals surface area contributed by atoms with E-state index < -0.39 is 0 Å². The summed E-state index contributed by atoms with van der Waals surface area (Å²) in [7, 11) is 1.65. The summed E-state index contributed by atoms with van der Waals surface area (Å²) in [4.78, 5) is 16.6. The fraction of sp³-hybridized carbons (Fsp3) is 0.0833. The fourth-order valence-corrected chi connectivity index (χ4v) is 3.44. The summed E-state index contributed by atoms with van der Waals surface area (Å²) in [6.45, 7) is 0.438. The highest BCUT2D eigenvalue weighted by molar-refractivity contribution is 7.11. The van der Waals surface area contributed by atoms with Crippen molar-refractivity contribution in [2.75, 3.05) is 7.11 Å². The third-order valence-corrected chi connectivity index (χ3v) is 5.19. The first-order valence-corrected chi connectivity index (χ1v) is 10.3. The van der Waals surface area contributed by atoms with Gasteiger partial charge in [-0.25, -0.2) is 4.98 Å². The van der Waals surface area contributed by atoms with Crippen LogP contribution in [0.4, 0.5) is 0 Å². The van der Waals surface area contributed by atoms with Crippen molar-refractivity contribution in [3.05, 3.63) is 95.5 Å². The molecule has 0 saturated carbocycles. The first-order valence-electron chi connectivity index (χ1n) is 9.40. The minimum Gasteiger partial charge on any atom is -0.497 e. The monoisotopic (exact) mass is 416 g/mol. The van der Waals surface area contributed by atoms with Crippen LogP contribution in [0.15, 0.2) is 84.4 Å². The van der Waals surface area contributed by atoms with E-state index in [1.54, 1.807) is 13.3 Å². The SMILES string of the molecule is COc1cccc(-c2ccc(C(=O)NCc3ccc(Oc4nccs4)cc3)cc2)c1. The van der Waals surface area contributed by atoms with Crippen molar-refractivity contribution < 1.29 is 14.3 Å². The summed E-state index contributed by atoms with van der Waals surface area (Å²) >= 11 is 1.44. The van der Waals surface area contributed by atoms with E-state index in [1.807, 2.05) is 78.2 Å². The van der Waals surface area contributed by atoms with Crippen LogP contribution in [0.2, 0.25) is 0 Å². The Hall–Kier alpha value is -3.64. The zero-order valence-electron chi connectivity index (χ0n) is 16.4. The van der Waals surface area contributed by atoms with Crippen molar-refractivity contribution in [3.63, 3.8) is 0 Å². The molecule has 0 atom stereocenters. The lowest BCUT2D eigenvalue weighted by Crippen LogP contribution is -2.22. The Labute approximate surface area is 178 Å². The van der Waals surface area contributed by atoms with E-state index >= 15 is 0 Å². The van der Waals surface area contributed by atoms with Gasteiger partial charge in [0, 0.05) is 23.7 Å². The molecule has 0 bridgehead atoms. The lowest BCUT2D eigenvalue weighted by molar-refractivity contribution is 0.0951. The van der Waals surface area contributed by atoms with Gasteiger partial charge < -0.3 is 14.8 Å². The number of benzene rings is 3. The quantitative estimate of drug-likeness (QED) is 0.430. The zero-order chi connectivity index (χ0) is 20.8. The number of hydrogen-bond donors (Lipinski definition) is 1. The lowest BCUT2D eigenvalue weighted by atomic mass is 10.0. The van der Waals surface area contributed by atoms with E-state index in [0.717, 1.165) is 22.4 Å². The largest absolute Gasteiger partial charge is 0.497 e. The second-order valence-corrected chi connectivity index (χ2v) is 7.39. The molecule has 0 spiro atoms. The lowest BCUT2D eigenvalue weighted by Gasteiger charge is -2.08. The minimum atomic E-state index is -0.115. The molecule has 4 aromatic rings. The van der Waals surface area contributed by atoms with Gasteiger partial charge in [-0.15, -0.1) is 0 Å². The molecule has 1 amide bonds. The highest BCUT2D eigenvalue weighted by Crippen LogP contribution is 2.25. The van der Waals surface area contributed by atoms with Crippen molar-refractivity contribution in [2.45, 2.75) is 6.54 Å². The van der Waals surface area contributed by atoms with Crippen molar-refractivity contribution >= 4 is 17.2 Å². The predicted octanol–water partition coefficient (Wildman–Crippen LogP) is 5.54. The van der Waals surface area contributed by atoms with E-state index in [0.29, 0.717) is 23.1 Å². The van der Waals surface area contributed by atoms with Crippen LogP contribution in [0.5, 0.6) is 16.7 Å².